The number of anilines is 1. The van der Waals surface area contributed by atoms with Gasteiger partial charge in [0.2, 0.25) is 0 Å². The molecule has 7 heteroatoms. The van der Waals surface area contributed by atoms with Gasteiger partial charge in [0.15, 0.2) is 0 Å². The number of benzene rings is 3. The van der Waals surface area contributed by atoms with Crippen LogP contribution in [0.1, 0.15) is 72.0 Å². The van der Waals surface area contributed by atoms with Crippen LogP contribution in [0, 0.1) is 26.7 Å². The summed E-state index contributed by atoms with van der Waals surface area (Å²) >= 11 is 0. The number of nitrogens with one attached hydrogen (secondary N) is 2. The van der Waals surface area contributed by atoms with E-state index in [-0.39, 0.29) is 48.9 Å². The Balaban J connectivity index is 0.00000187. The van der Waals surface area contributed by atoms with Crippen molar-refractivity contribution >= 4 is 42.9 Å². The summed E-state index contributed by atoms with van der Waals surface area (Å²) in [7, 11) is 0. The van der Waals surface area contributed by atoms with Crippen molar-refractivity contribution in [1.82, 2.24) is 10.6 Å². The summed E-state index contributed by atoms with van der Waals surface area (Å²) in [6.07, 6.45) is 5.51. The first kappa shape index (κ1) is 34.3. The maximum absolute atomic E-state index is 6.85. The Morgan fingerprint density at radius 3 is 1.98 bits per heavy atom. The van der Waals surface area contributed by atoms with Crippen LogP contribution in [0.4, 0.5) is 5.69 Å². The molecule has 0 amide bonds. The van der Waals surface area contributed by atoms with Crippen LogP contribution in [0.3, 0.4) is 0 Å². The van der Waals surface area contributed by atoms with Gasteiger partial charge in [-0.15, -0.1) is 37.2 Å². The smallest absolute Gasteiger partial charge is 0.127 e. The predicted molar refractivity (Wildman–Crippen MR) is 176 cm³/mol. The van der Waals surface area contributed by atoms with Crippen LogP contribution in [0.5, 0.6) is 5.75 Å². The number of ether oxygens (including phenoxy) is 1. The average molecular weight is 607 g/mol. The second kappa shape index (κ2) is 14.8. The molecule has 0 spiro atoms. The van der Waals surface area contributed by atoms with Crippen LogP contribution in [0.15, 0.2) is 60.7 Å². The normalized spacial score (nSPS) is 19.0. The lowest BCUT2D eigenvalue weighted by Crippen LogP contribution is -2.44. The van der Waals surface area contributed by atoms with E-state index in [9.17, 15) is 0 Å². The molecule has 4 nitrogen and oxygen atoms in total. The van der Waals surface area contributed by atoms with Crippen molar-refractivity contribution in [3.63, 3.8) is 0 Å². The predicted octanol–water partition coefficient (Wildman–Crippen LogP) is 7.68. The van der Waals surface area contributed by atoms with Crippen LogP contribution in [-0.4, -0.2) is 24.7 Å². The van der Waals surface area contributed by atoms with Crippen LogP contribution in [-0.2, 0) is 6.42 Å². The summed E-state index contributed by atoms with van der Waals surface area (Å²) < 4.78 is 6.85. The molecule has 0 saturated carbocycles. The van der Waals surface area contributed by atoms with E-state index in [0.717, 1.165) is 55.3 Å². The maximum Gasteiger partial charge on any atom is 0.127 e. The van der Waals surface area contributed by atoms with Gasteiger partial charge in [0, 0.05) is 30.1 Å². The van der Waals surface area contributed by atoms with Gasteiger partial charge >= 0.3 is 0 Å². The topological polar surface area (TPSA) is 59.3 Å². The third-order valence-electron chi connectivity index (χ3n) is 8.76. The number of halogens is 3. The molecule has 0 aromatic heterocycles. The van der Waals surface area contributed by atoms with E-state index < -0.39 is 0 Å². The fraction of sp³-hybridized carbons (Fsp3) is 0.455. The highest BCUT2D eigenvalue weighted by Crippen LogP contribution is 2.45. The minimum absolute atomic E-state index is 0. The van der Waals surface area contributed by atoms with Crippen LogP contribution in [0.2, 0.25) is 0 Å². The summed E-state index contributed by atoms with van der Waals surface area (Å²) in [5.41, 5.74) is 14.6. The second-order valence-corrected chi connectivity index (χ2v) is 11.6. The largest absolute Gasteiger partial charge is 0.487 e. The first-order valence-corrected chi connectivity index (χ1v) is 14.0. The molecular weight excluding hydrogens is 561 g/mol. The summed E-state index contributed by atoms with van der Waals surface area (Å²) in [6, 6.07) is 22.2. The number of hydrogen-bond acceptors (Lipinski definition) is 4. The maximum atomic E-state index is 6.85. The minimum atomic E-state index is -0.263. The number of hydrogen-bond donors (Lipinski definition) is 3. The highest BCUT2D eigenvalue weighted by molar-refractivity contribution is 5.86. The number of nitrogens with two attached hydrogens (primary N) is 1. The molecule has 220 valence electrons. The molecular formula is C33H46Cl3N3O. The Morgan fingerprint density at radius 1 is 0.875 bits per heavy atom. The van der Waals surface area contributed by atoms with Crippen molar-refractivity contribution in [1.29, 1.82) is 0 Å². The third-order valence-corrected chi connectivity index (χ3v) is 8.76. The van der Waals surface area contributed by atoms with Crippen molar-refractivity contribution in [2.45, 2.75) is 77.5 Å². The Labute approximate surface area is 259 Å². The number of nitrogen functional groups attached to an aromatic ring is 1. The standard InChI is InChI=1S/C33H43N3O.3ClH/c1-22-23(2)32-29(24(3)30(22)34)21-33(4,37-32)20-28(19-25-15-17-35-18-16-25)36-31(26-11-7-5-8-12-26)27-13-9-6-10-14-27;;;/h5-14,25,28,31,35-36H,15-21,34H2,1-4H3;3*1H. The molecule has 3 aromatic rings. The molecule has 2 unspecified atom stereocenters. The summed E-state index contributed by atoms with van der Waals surface area (Å²) in [5, 5.41) is 7.68. The molecule has 3 aromatic carbocycles. The molecule has 5 rings (SSSR count). The fourth-order valence-corrected chi connectivity index (χ4v) is 6.50. The van der Waals surface area contributed by atoms with E-state index in [1.807, 2.05) is 0 Å². The van der Waals surface area contributed by atoms with Gasteiger partial charge in [-0.05, 0) is 93.8 Å². The molecule has 2 heterocycles. The highest BCUT2D eigenvalue weighted by atomic mass is 35.5. The van der Waals surface area contributed by atoms with Crippen LogP contribution < -0.4 is 21.1 Å². The van der Waals surface area contributed by atoms with Crippen molar-refractivity contribution in [2.75, 3.05) is 18.8 Å². The van der Waals surface area contributed by atoms with E-state index in [0.29, 0.717) is 6.04 Å². The molecule has 1 saturated heterocycles. The first-order chi connectivity index (χ1) is 17.8. The molecule has 2 atom stereocenters. The molecule has 0 radical (unpaired) electrons. The molecule has 4 N–H and O–H groups in total. The van der Waals surface area contributed by atoms with E-state index in [4.69, 9.17) is 10.5 Å². The second-order valence-electron chi connectivity index (χ2n) is 11.6. The molecule has 0 aliphatic carbocycles. The average Bonchev–Trinajstić information content (AvgIpc) is 3.28. The van der Waals surface area contributed by atoms with Crippen molar-refractivity contribution in [3.05, 3.63) is 94.0 Å². The highest BCUT2D eigenvalue weighted by Gasteiger charge is 2.40. The lowest BCUT2D eigenvalue weighted by atomic mass is 9.83. The van der Waals surface area contributed by atoms with Gasteiger partial charge < -0.3 is 21.1 Å². The van der Waals surface area contributed by atoms with Gasteiger partial charge in [-0.2, -0.15) is 0 Å². The quantitative estimate of drug-likeness (QED) is 0.230. The molecule has 2 aliphatic rings. The Bertz CT molecular complexity index is 1140. The Hall–Kier alpha value is -1.95. The zero-order valence-electron chi connectivity index (χ0n) is 24.2. The van der Waals surface area contributed by atoms with E-state index in [2.05, 4.69) is 99.0 Å². The van der Waals surface area contributed by atoms with Crippen LogP contribution in [0.25, 0.3) is 0 Å². The van der Waals surface area contributed by atoms with Gasteiger partial charge in [0.1, 0.15) is 11.4 Å². The van der Waals surface area contributed by atoms with E-state index >= 15 is 0 Å². The monoisotopic (exact) mass is 605 g/mol. The molecule has 1 fully saturated rings. The van der Waals surface area contributed by atoms with Crippen molar-refractivity contribution in [3.8, 4) is 5.75 Å². The SMILES string of the molecule is Cc1c(C)c2c(c(C)c1N)CC(C)(CC(CC1CCNCC1)NC(c1ccccc1)c1ccccc1)O2.Cl.Cl.Cl. The number of rotatable bonds is 8. The lowest BCUT2D eigenvalue weighted by molar-refractivity contribution is 0.0837. The van der Waals surface area contributed by atoms with Gasteiger partial charge in [-0.3, -0.25) is 0 Å². The zero-order chi connectivity index (χ0) is 26.0. The van der Waals surface area contributed by atoms with Gasteiger partial charge in [0.25, 0.3) is 0 Å². The number of fused-ring (bicyclic) bond motifs is 1. The van der Waals surface area contributed by atoms with Gasteiger partial charge in [-0.1, -0.05) is 60.7 Å². The minimum Gasteiger partial charge on any atom is -0.487 e. The Kier molecular flexibility index (Phi) is 12.7. The zero-order valence-corrected chi connectivity index (χ0v) is 26.6. The first-order valence-electron chi connectivity index (χ1n) is 14.0. The third kappa shape index (κ3) is 7.46. The molecule has 0 bridgehead atoms. The fourth-order valence-electron chi connectivity index (χ4n) is 6.50. The van der Waals surface area contributed by atoms with Crippen molar-refractivity contribution < 1.29 is 4.74 Å². The van der Waals surface area contributed by atoms with Crippen molar-refractivity contribution in [2.24, 2.45) is 5.92 Å². The Morgan fingerprint density at radius 2 is 1.43 bits per heavy atom. The van der Waals surface area contributed by atoms with Gasteiger partial charge in [-0.25, -0.2) is 0 Å². The van der Waals surface area contributed by atoms with E-state index in [1.165, 1.54) is 40.7 Å². The van der Waals surface area contributed by atoms with Crippen LogP contribution >= 0.6 is 37.2 Å². The summed E-state index contributed by atoms with van der Waals surface area (Å²) in [5.74, 6) is 1.79. The molecule has 2 aliphatic heterocycles. The lowest BCUT2D eigenvalue weighted by Gasteiger charge is -2.36. The molecule has 40 heavy (non-hydrogen) atoms. The summed E-state index contributed by atoms with van der Waals surface area (Å²) in [4.78, 5) is 0. The van der Waals surface area contributed by atoms with E-state index in [1.54, 1.807) is 0 Å². The number of piperidine rings is 1. The van der Waals surface area contributed by atoms with Gasteiger partial charge in [0.05, 0.1) is 6.04 Å². The summed E-state index contributed by atoms with van der Waals surface area (Å²) in [6.45, 7) is 11.0.